The summed E-state index contributed by atoms with van der Waals surface area (Å²) in [6.45, 7) is 1.30. The number of nitrogens with two attached hydrogens (primary N) is 1. The molecule has 0 saturated carbocycles. The number of rotatable bonds is 4. The highest BCUT2D eigenvalue weighted by atomic mass is 19.4. The average Bonchev–Trinajstić information content (AvgIpc) is 2.46. The van der Waals surface area contributed by atoms with Crippen LogP contribution < -0.4 is 5.73 Å². The van der Waals surface area contributed by atoms with E-state index in [0.717, 1.165) is 25.0 Å². The minimum absolute atomic E-state index is 0.0244. The Bertz CT molecular complexity index is 507. The monoisotopic (exact) mass is 320 g/mol. The zero-order valence-corrected chi connectivity index (χ0v) is 12.4. The van der Waals surface area contributed by atoms with Crippen molar-refractivity contribution in [1.29, 1.82) is 0 Å². The predicted octanol–water partition coefficient (Wildman–Crippen LogP) is 2.78. The third-order valence-electron chi connectivity index (χ3n) is 4.07. The molecule has 0 bridgehead atoms. The lowest BCUT2D eigenvalue weighted by Crippen LogP contribution is -2.48. The van der Waals surface area contributed by atoms with E-state index in [9.17, 15) is 17.6 Å². The Morgan fingerprint density at radius 2 is 2.05 bits per heavy atom. The van der Waals surface area contributed by atoms with Gasteiger partial charge in [0.2, 0.25) is 0 Å². The second-order valence-corrected chi connectivity index (χ2v) is 5.59. The first-order chi connectivity index (χ1) is 10.3. The van der Waals surface area contributed by atoms with Crippen LogP contribution >= 0.6 is 0 Å². The van der Waals surface area contributed by atoms with Crippen LogP contribution in [0.4, 0.5) is 17.6 Å². The molecule has 1 saturated heterocycles. The van der Waals surface area contributed by atoms with Gasteiger partial charge in [0.25, 0.3) is 0 Å². The fourth-order valence-corrected chi connectivity index (χ4v) is 2.87. The van der Waals surface area contributed by atoms with Crippen molar-refractivity contribution in [3.63, 3.8) is 0 Å². The number of likely N-dealkylation sites (tertiary alicyclic amines) is 1. The van der Waals surface area contributed by atoms with E-state index in [-0.39, 0.29) is 18.7 Å². The van der Waals surface area contributed by atoms with E-state index in [2.05, 4.69) is 0 Å². The van der Waals surface area contributed by atoms with Crippen LogP contribution in [-0.4, -0.2) is 37.2 Å². The Morgan fingerprint density at radius 3 is 2.64 bits per heavy atom. The van der Waals surface area contributed by atoms with Gasteiger partial charge in [-0.2, -0.15) is 13.2 Å². The van der Waals surface area contributed by atoms with Crippen molar-refractivity contribution in [3.8, 4) is 0 Å². The Labute approximate surface area is 127 Å². The highest BCUT2D eigenvalue weighted by molar-refractivity contribution is 5.27. The molecule has 0 aliphatic carbocycles. The van der Waals surface area contributed by atoms with Gasteiger partial charge in [-0.15, -0.1) is 0 Å². The van der Waals surface area contributed by atoms with E-state index in [1.807, 2.05) is 4.90 Å². The largest absolute Gasteiger partial charge is 0.416 e. The number of alkyl halides is 3. The lowest BCUT2D eigenvalue weighted by Gasteiger charge is -2.38. The van der Waals surface area contributed by atoms with E-state index in [1.165, 1.54) is 0 Å². The molecule has 0 amide bonds. The quantitative estimate of drug-likeness (QED) is 0.867. The molecule has 2 rings (SSSR count). The Kier molecular flexibility index (Phi) is 5.41. The number of methoxy groups -OCH3 is 1. The van der Waals surface area contributed by atoms with Crippen molar-refractivity contribution in [3.05, 3.63) is 35.1 Å². The van der Waals surface area contributed by atoms with Gasteiger partial charge in [0.15, 0.2) is 0 Å². The molecule has 7 heteroatoms. The first-order valence-corrected chi connectivity index (χ1v) is 7.17. The van der Waals surface area contributed by atoms with Crippen molar-refractivity contribution < 1.29 is 22.3 Å². The zero-order chi connectivity index (χ0) is 16.3. The first kappa shape index (κ1) is 17.2. The maximum Gasteiger partial charge on any atom is 0.416 e. The van der Waals surface area contributed by atoms with Gasteiger partial charge in [0.1, 0.15) is 5.82 Å². The maximum atomic E-state index is 13.4. The molecule has 2 N–H and O–H groups in total. The summed E-state index contributed by atoms with van der Waals surface area (Å²) >= 11 is 0. The highest BCUT2D eigenvalue weighted by Crippen LogP contribution is 2.31. The van der Waals surface area contributed by atoms with Crippen LogP contribution in [0.1, 0.15) is 24.0 Å². The van der Waals surface area contributed by atoms with Crippen LogP contribution in [0.3, 0.4) is 0 Å². The number of hydrogen-bond acceptors (Lipinski definition) is 3. The molecule has 1 aromatic rings. The molecule has 1 aromatic carbocycles. The Hall–Kier alpha value is -1.18. The molecule has 1 heterocycles. The first-order valence-electron chi connectivity index (χ1n) is 7.17. The molecule has 0 spiro atoms. The van der Waals surface area contributed by atoms with Gasteiger partial charge in [-0.05, 0) is 36.6 Å². The van der Waals surface area contributed by atoms with Crippen LogP contribution in [0.25, 0.3) is 0 Å². The van der Waals surface area contributed by atoms with E-state index >= 15 is 0 Å². The minimum atomic E-state index is -4.55. The van der Waals surface area contributed by atoms with E-state index in [1.54, 1.807) is 7.11 Å². The molecule has 2 unspecified atom stereocenters. The van der Waals surface area contributed by atoms with Crippen LogP contribution in [0, 0.1) is 5.82 Å². The highest BCUT2D eigenvalue weighted by Gasteiger charge is 2.32. The van der Waals surface area contributed by atoms with Crippen LogP contribution in [-0.2, 0) is 17.5 Å². The van der Waals surface area contributed by atoms with Crippen molar-refractivity contribution in [1.82, 2.24) is 4.90 Å². The summed E-state index contributed by atoms with van der Waals surface area (Å²) in [5.41, 5.74) is 5.09. The summed E-state index contributed by atoms with van der Waals surface area (Å²) in [7, 11) is 1.64. The minimum Gasteiger partial charge on any atom is -0.381 e. The van der Waals surface area contributed by atoms with Crippen molar-refractivity contribution >= 4 is 0 Å². The second kappa shape index (κ2) is 6.93. The van der Waals surface area contributed by atoms with Crippen molar-refractivity contribution in [2.75, 3.05) is 20.2 Å². The fourth-order valence-electron chi connectivity index (χ4n) is 2.87. The van der Waals surface area contributed by atoms with Gasteiger partial charge in [-0.1, -0.05) is 0 Å². The molecule has 1 aliphatic heterocycles. The zero-order valence-electron chi connectivity index (χ0n) is 12.4. The van der Waals surface area contributed by atoms with Crippen molar-refractivity contribution in [2.24, 2.45) is 5.73 Å². The van der Waals surface area contributed by atoms with E-state index in [4.69, 9.17) is 10.5 Å². The van der Waals surface area contributed by atoms with Gasteiger partial charge in [-0.3, -0.25) is 4.90 Å². The second-order valence-electron chi connectivity index (χ2n) is 5.59. The molecule has 2 atom stereocenters. The summed E-state index contributed by atoms with van der Waals surface area (Å²) in [5, 5.41) is 0. The molecule has 22 heavy (non-hydrogen) atoms. The van der Waals surface area contributed by atoms with Gasteiger partial charge in [-0.25, -0.2) is 4.39 Å². The normalized spacial score (nSPS) is 23.7. The van der Waals surface area contributed by atoms with Crippen LogP contribution in [0.2, 0.25) is 0 Å². The summed E-state index contributed by atoms with van der Waals surface area (Å²) in [4.78, 5) is 1.99. The standard InChI is InChI=1S/C15H20F4N2O/c1-22-14-2-3-21(13(7-14)8-20)9-10-4-11(15(17,18)19)6-12(16)5-10/h4-6,13-14H,2-3,7-9,20H2,1H3. The lowest BCUT2D eigenvalue weighted by molar-refractivity contribution is -0.137. The third-order valence-corrected chi connectivity index (χ3v) is 4.07. The average molecular weight is 320 g/mol. The number of hydrogen-bond donors (Lipinski definition) is 1. The van der Waals surface area contributed by atoms with Gasteiger partial charge in [0, 0.05) is 32.8 Å². The summed E-state index contributed by atoms with van der Waals surface area (Å²) in [6.07, 6.45) is -2.92. The summed E-state index contributed by atoms with van der Waals surface area (Å²) in [5.74, 6) is -0.874. The molecule has 3 nitrogen and oxygen atoms in total. The Balaban J connectivity index is 2.14. The molecule has 0 aromatic heterocycles. The third kappa shape index (κ3) is 4.18. The number of ether oxygens (including phenoxy) is 1. The fraction of sp³-hybridized carbons (Fsp3) is 0.600. The van der Waals surface area contributed by atoms with E-state index < -0.39 is 17.6 Å². The maximum absolute atomic E-state index is 13.4. The summed E-state index contributed by atoms with van der Waals surface area (Å²) in [6, 6.07) is 2.68. The Morgan fingerprint density at radius 1 is 1.32 bits per heavy atom. The SMILES string of the molecule is COC1CCN(Cc2cc(F)cc(C(F)(F)F)c2)C(CN)C1. The predicted molar refractivity (Wildman–Crippen MR) is 74.7 cm³/mol. The molecule has 1 fully saturated rings. The van der Waals surface area contributed by atoms with Crippen molar-refractivity contribution in [2.45, 2.75) is 37.7 Å². The molecular weight excluding hydrogens is 300 g/mol. The number of benzene rings is 1. The number of nitrogens with zero attached hydrogens (tertiary/aromatic N) is 1. The van der Waals surface area contributed by atoms with Gasteiger partial charge in [0.05, 0.1) is 11.7 Å². The van der Waals surface area contributed by atoms with Crippen LogP contribution in [0.5, 0.6) is 0 Å². The smallest absolute Gasteiger partial charge is 0.381 e. The van der Waals surface area contributed by atoms with Crippen LogP contribution in [0.15, 0.2) is 18.2 Å². The molecule has 124 valence electrons. The molecular formula is C15H20F4N2O. The lowest BCUT2D eigenvalue weighted by atomic mass is 9.98. The number of piperidine rings is 1. The molecule has 0 radical (unpaired) electrons. The topological polar surface area (TPSA) is 38.5 Å². The molecule has 1 aliphatic rings. The number of halogens is 4. The van der Waals surface area contributed by atoms with E-state index in [0.29, 0.717) is 24.7 Å². The van der Waals surface area contributed by atoms with Gasteiger partial charge < -0.3 is 10.5 Å². The summed E-state index contributed by atoms with van der Waals surface area (Å²) < 4.78 is 57.0. The van der Waals surface area contributed by atoms with Gasteiger partial charge >= 0.3 is 6.18 Å².